The van der Waals surface area contributed by atoms with Crippen LogP contribution in [0.5, 0.6) is 0 Å². The third kappa shape index (κ3) is 1.01. The average molecular weight is 185 g/mol. The predicted molar refractivity (Wildman–Crippen MR) is 51.6 cm³/mol. The molecule has 0 atom stereocenters. The van der Waals surface area contributed by atoms with E-state index >= 15 is 0 Å². The maximum atomic E-state index is 5.59. The zero-order valence-corrected chi connectivity index (χ0v) is 7.27. The molecule has 3 heterocycles. The lowest BCUT2D eigenvalue weighted by atomic mass is 10.3. The molecule has 3 aromatic heterocycles. The number of aromatic amines is 1. The lowest BCUT2D eigenvalue weighted by Gasteiger charge is -1.85. The Bertz CT molecular complexity index is 521. The van der Waals surface area contributed by atoms with E-state index in [1.807, 2.05) is 18.2 Å². The summed E-state index contributed by atoms with van der Waals surface area (Å²) in [6, 6.07) is 5.65. The van der Waals surface area contributed by atoms with Crippen LogP contribution >= 0.6 is 0 Å². The number of rotatable bonds is 1. The molecule has 0 aromatic carbocycles. The van der Waals surface area contributed by atoms with Crippen molar-refractivity contribution in [1.82, 2.24) is 15.2 Å². The molecular weight excluding hydrogens is 178 g/mol. The van der Waals surface area contributed by atoms with E-state index in [0.29, 0.717) is 0 Å². The van der Waals surface area contributed by atoms with Crippen LogP contribution in [0.4, 0.5) is 0 Å². The van der Waals surface area contributed by atoms with Gasteiger partial charge in [-0.25, -0.2) is 0 Å². The van der Waals surface area contributed by atoms with E-state index in [-0.39, 0.29) is 0 Å². The molecule has 1 N–H and O–H groups in total. The van der Waals surface area contributed by atoms with Gasteiger partial charge in [-0.05, 0) is 12.1 Å². The lowest BCUT2D eigenvalue weighted by Crippen LogP contribution is -1.67. The number of furan rings is 1. The number of pyridine rings is 1. The summed E-state index contributed by atoms with van der Waals surface area (Å²) in [5, 5.41) is 6.61. The highest BCUT2D eigenvalue weighted by molar-refractivity contribution is 5.78. The number of aromatic nitrogens is 3. The highest BCUT2D eigenvalue weighted by Gasteiger charge is 2.06. The smallest absolute Gasteiger partial charge is 0.153 e. The standard InChI is InChI=1S/C10H7N3O/c1-2-9-8(11-3-1)4-10(14-9)7-5-12-13-6-7/h1-6H,(H,12,13). The van der Waals surface area contributed by atoms with Gasteiger partial charge in [-0.15, -0.1) is 0 Å². The van der Waals surface area contributed by atoms with Gasteiger partial charge in [-0.3, -0.25) is 10.1 Å². The van der Waals surface area contributed by atoms with E-state index in [1.165, 1.54) is 0 Å². The molecule has 3 rings (SSSR count). The molecule has 0 bridgehead atoms. The Balaban J connectivity index is 2.24. The van der Waals surface area contributed by atoms with E-state index in [1.54, 1.807) is 18.6 Å². The predicted octanol–water partition coefficient (Wildman–Crippen LogP) is 2.22. The van der Waals surface area contributed by atoms with Crippen LogP contribution in [-0.4, -0.2) is 15.2 Å². The summed E-state index contributed by atoms with van der Waals surface area (Å²) >= 11 is 0. The van der Waals surface area contributed by atoms with Crippen LogP contribution in [0.25, 0.3) is 22.4 Å². The van der Waals surface area contributed by atoms with Crippen LogP contribution in [0.3, 0.4) is 0 Å². The second-order valence-electron chi connectivity index (χ2n) is 2.98. The minimum Gasteiger partial charge on any atom is -0.454 e. The Kier molecular flexibility index (Phi) is 1.41. The molecule has 4 nitrogen and oxygen atoms in total. The highest BCUT2D eigenvalue weighted by Crippen LogP contribution is 2.25. The monoisotopic (exact) mass is 185 g/mol. The van der Waals surface area contributed by atoms with Gasteiger partial charge in [0.25, 0.3) is 0 Å². The quantitative estimate of drug-likeness (QED) is 0.632. The maximum Gasteiger partial charge on any atom is 0.153 e. The van der Waals surface area contributed by atoms with Crippen LogP contribution < -0.4 is 0 Å². The molecule has 3 aromatic rings. The molecule has 0 spiro atoms. The molecule has 4 heteroatoms. The summed E-state index contributed by atoms with van der Waals surface area (Å²) in [5.41, 5.74) is 2.59. The van der Waals surface area contributed by atoms with Crippen LogP contribution in [-0.2, 0) is 0 Å². The number of H-pyrrole nitrogens is 1. The Morgan fingerprint density at radius 1 is 1.36 bits per heavy atom. The minimum atomic E-state index is 0.785. The fraction of sp³-hybridized carbons (Fsp3) is 0. The van der Waals surface area contributed by atoms with Gasteiger partial charge in [0.05, 0.1) is 11.8 Å². The number of hydrogen-bond acceptors (Lipinski definition) is 3. The van der Waals surface area contributed by atoms with E-state index in [0.717, 1.165) is 22.4 Å². The van der Waals surface area contributed by atoms with Gasteiger partial charge in [0.1, 0.15) is 11.3 Å². The molecular formula is C10H7N3O. The van der Waals surface area contributed by atoms with Crippen molar-refractivity contribution in [3.63, 3.8) is 0 Å². The van der Waals surface area contributed by atoms with Gasteiger partial charge < -0.3 is 4.42 Å². The minimum absolute atomic E-state index is 0.785. The number of hydrogen-bond donors (Lipinski definition) is 1. The van der Waals surface area contributed by atoms with Crippen molar-refractivity contribution >= 4 is 11.1 Å². The van der Waals surface area contributed by atoms with Crippen molar-refractivity contribution in [2.75, 3.05) is 0 Å². The molecule has 14 heavy (non-hydrogen) atoms. The van der Waals surface area contributed by atoms with Gasteiger partial charge >= 0.3 is 0 Å². The Morgan fingerprint density at radius 2 is 2.36 bits per heavy atom. The van der Waals surface area contributed by atoms with E-state index in [4.69, 9.17) is 4.42 Å². The second-order valence-corrected chi connectivity index (χ2v) is 2.98. The summed E-state index contributed by atoms with van der Waals surface area (Å²) in [5.74, 6) is 0.785. The fourth-order valence-corrected chi connectivity index (χ4v) is 1.40. The Labute approximate surface area is 79.6 Å². The summed E-state index contributed by atoms with van der Waals surface area (Å²) in [7, 11) is 0. The van der Waals surface area contributed by atoms with Crippen LogP contribution in [0.15, 0.2) is 41.2 Å². The first kappa shape index (κ1) is 7.32. The molecule has 0 aliphatic rings. The molecule has 0 saturated heterocycles. The van der Waals surface area contributed by atoms with Crippen LogP contribution in [0.2, 0.25) is 0 Å². The van der Waals surface area contributed by atoms with Crippen molar-refractivity contribution < 1.29 is 4.42 Å². The van der Waals surface area contributed by atoms with Crippen LogP contribution in [0, 0.1) is 0 Å². The fourth-order valence-electron chi connectivity index (χ4n) is 1.40. The lowest BCUT2D eigenvalue weighted by molar-refractivity contribution is 0.631. The maximum absolute atomic E-state index is 5.59. The third-order valence-electron chi connectivity index (χ3n) is 2.07. The molecule has 0 aliphatic carbocycles. The van der Waals surface area contributed by atoms with Crippen molar-refractivity contribution in [1.29, 1.82) is 0 Å². The van der Waals surface area contributed by atoms with Gasteiger partial charge in [0, 0.05) is 18.5 Å². The summed E-state index contributed by atoms with van der Waals surface area (Å²) < 4.78 is 5.59. The van der Waals surface area contributed by atoms with Crippen LogP contribution in [0.1, 0.15) is 0 Å². The number of nitrogens with zero attached hydrogens (tertiary/aromatic N) is 2. The van der Waals surface area contributed by atoms with Crippen molar-refractivity contribution in [3.8, 4) is 11.3 Å². The average Bonchev–Trinajstić information content (AvgIpc) is 2.86. The summed E-state index contributed by atoms with van der Waals surface area (Å²) in [4.78, 5) is 4.19. The molecule has 0 saturated carbocycles. The SMILES string of the molecule is c1cnc2cc(-c3cn[nH]c3)oc2c1. The zero-order chi connectivity index (χ0) is 9.38. The summed E-state index contributed by atoms with van der Waals surface area (Å²) in [6.07, 6.45) is 5.26. The third-order valence-corrected chi connectivity index (χ3v) is 2.07. The normalized spacial score (nSPS) is 10.9. The molecule has 0 radical (unpaired) electrons. The molecule has 68 valence electrons. The Morgan fingerprint density at radius 3 is 3.14 bits per heavy atom. The Hall–Kier alpha value is -2.10. The van der Waals surface area contributed by atoms with E-state index in [9.17, 15) is 0 Å². The molecule has 0 amide bonds. The topological polar surface area (TPSA) is 54.7 Å². The summed E-state index contributed by atoms with van der Waals surface area (Å²) in [6.45, 7) is 0. The van der Waals surface area contributed by atoms with Gasteiger partial charge in [0.2, 0.25) is 0 Å². The molecule has 0 unspecified atom stereocenters. The first-order valence-electron chi connectivity index (χ1n) is 4.27. The number of nitrogens with one attached hydrogen (secondary N) is 1. The van der Waals surface area contributed by atoms with Gasteiger partial charge in [0.15, 0.2) is 5.58 Å². The van der Waals surface area contributed by atoms with E-state index < -0.39 is 0 Å². The molecule has 0 aliphatic heterocycles. The van der Waals surface area contributed by atoms with Crippen molar-refractivity contribution in [2.45, 2.75) is 0 Å². The molecule has 0 fully saturated rings. The van der Waals surface area contributed by atoms with Gasteiger partial charge in [-0.2, -0.15) is 5.10 Å². The number of fused-ring (bicyclic) bond motifs is 1. The zero-order valence-electron chi connectivity index (χ0n) is 7.27. The highest BCUT2D eigenvalue weighted by atomic mass is 16.3. The first-order chi connectivity index (χ1) is 6.93. The van der Waals surface area contributed by atoms with Gasteiger partial charge in [-0.1, -0.05) is 0 Å². The second kappa shape index (κ2) is 2.70. The largest absolute Gasteiger partial charge is 0.454 e. The van der Waals surface area contributed by atoms with E-state index in [2.05, 4.69) is 15.2 Å². The van der Waals surface area contributed by atoms with Crippen molar-refractivity contribution in [3.05, 3.63) is 36.8 Å². The first-order valence-corrected chi connectivity index (χ1v) is 4.27. The van der Waals surface area contributed by atoms with Crippen molar-refractivity contribution in [2.24, 2.45) is 0 Å².